The Labute approximate surface area is 124 Å². The molecule has 2 rings (SSSR count). The number of ether oxygens (including phenoxy) is 1. The summed E-state index contributed by atoms with van der Waals surface area (Å²) in [6.45, 7) is 2.63. The van der Waals surface area contributed by atoms with Crippen LogP contribution in [0.3, 0.4) is 0 Å². The van der Waals surface area contributed by atoms with Gasteiger partial charge >= 0.3 is 12.0 Å². The van der Waals surface area contributed by atoms with E-state index in [1.807, 2.05) is 0 Å². The molecule has 6 nitrogen and oxygen atoms in total. The van der Waals surface area contributed by atoms with E-state index in [0.29, 0.717) is 30.9 Å². The molecule has 1 fully saturated rings. The lowest BCUT2D eigenvalue weighted by atomic mass is 10.0. The molecular formula is C15H21N3O3. The Morgan fingerprint density at radius 1 is 1.43 bits per heavy atom. The highest BCUT2D eigenvalue weighted by molar-refractivity contribution is 5.93. The van der Waals surface area contributed by atoms with Crippen LogP contribution in [0.5, 0.6) is 0 Å². The maximum atomic E-state index is 12.4. The van der Waals surface area contributed by atoms with E-state index >= 15 is 0 Å². The largest absolute Gasteiger partial charge is 0.464 e. The van der Waals surface area contributed by atoms with Crippen LogP contribution in [0.1, 0.15) is 26.2 Å². The predicted molar refractivity (Wildman–Crippen MR) is 80.9 cm³/mol. The van der Waals surface area contributed by atoms with E-state index in [9.17, 15) is 9.59 Å². The highest BCUT2D eigenvalue weighted by Crippen LogP contribution is 2.20. The fourth-order valence-electron chi connectivity index (χ4n) is 2.47. The number of nitrogens with zero attached hydrogens (tertiary/aromatic N) is 1. The molecule has 0 saturated carbocycles. The number of rotatable bonds is 3. The molecule has 1 aromatic carbocycles. The number of hydrogen-bond acceptors (Lipinski definition) is 4. The van der Waals surface area contributed by atoms with Crippen molar-refractivity contribution in [3.8, 4) is 0 Å². The Kier molecular flexibility index (Phi) is 5.03. The van der Waals surface area contributed by atoms with Crippen LogP contribution in [0.4, 0.5) is 16.2 Å². The Morgan fingerprint density at radius 3 is 2.95 bits per heavy atom. The second-order valence-corrected chi connectivity index (χ2v) is 5.01. The van der Waals surface area contributed by atoms with Gasteiger partial charge in [0.05, 0.1) is 6.61 Å². The third kappa shape index (κ3) is 3.87. The van der Waals surface area contributed by atoms with Gasteiger partial charge in [0, 0.05) is 17.9 Å². The monoisotopic (exact) mass is 291 g/mol. The van der Waals surface area contributed by atoms with Crippen LogP contribution in [-0.4, -0.2) is 36.1 Å². The molecule has 0 radical (unpaired) electrons. The third-order valence-corrected chi connectivity index (χ3v) is 3.46. The maximum absolute atomic E-state index is 12.4. The lowest BCUT2D eigenvalue weighted by molar-refractivity contribution is -0.149. The summed E-state index contributed by atoms with van der Waals surface area (Å²) < 4.78 is 5.05. The zero-order valence-electron chi connectivity index (χ0n) is 12.2. The van der Waals surface area contributed by atoms with Crippen molar-refractivity contribution in [2.45, 2.75) is 32.2 Å². The zero-order valence-corrected chi connectivity index (χ0v) is 12.2. The molecule has 0 spiro atoms. The van der Waals surface area contributed by atoms with Gasteiger partial charge in [-0.3, -0.25) is 0 Å². The smallest absolute Gasteiger partial charge is 0.328 e. The molecule has 1 atom stereocenters. The number of amides is 2. The van der Waals surface area contributed by atoms with Gasteiger partial charge < -0.3 is 20.7 Å². The Hall–Kier alpha value is -2.24. The lowest BCUT2D eigenvalue weighted by Gasteiger charge is -2.33. The highest BCUT2D eigenvalue weighted by atomic mass is 16.5. The van der Waals surface area contributed by atoms with Crippen LogP contribution >= 0.6 is 0 Å². The first-order chi connectivity index (χ1) is 10.1. The minimum atomic E-state index is -0.500. The number of nitrogen functional groups attached to an aromatic ring is 1. The molecular weight excluding hydrogens is 270 g/mol. The van der Waals surface area contributed by atoms with Gasteiger partial charge in [-0.05, 0) is 44.4 Å². The van der Waals surface area contributed by atoms with Gasteiger partial charge in [0.2, 0.25) is 0 Å². The van der Waals surface area contributed by atoms with Crippen LogP contribution in [-0.2, 0) is 9.53 Å². The molecule has 1 aliphatic heterocycles. The highest BCUT2D eigenvalue weighted by Gasteiger charge is 2.33. The first kappa shape index (κ1) is 15.2. The number of likely N-dealkylation sites (tertiary alicyclic amines) is 1. The van der Waals surface area contributed by atoms with Crippen molar-refractivity contribution in [2.75, 3.05) is 24.2 Å². The molecule has 3 N–H and O–H groups in total. The maximum Gasteiger partial charge on any atom is 0.328 e. The van der Waals surface area contributed by atoms with E-state index in [2.05, 4.69) is 5.32 Å². The quantitative estimate of drug-likeness (QED) is 0.660. The lowest BCUT2D eigenvalue weighted by Crippen LogP contribution is -2.50. The number of carbonyl (C=O) groups is 2. The summed E-state index contributed by atoms with van der Waals surface area (Å²) in [6.07, 6.45) is 2.45. The van der Waals surface area contributed by atoms with Gasteiger partial charge in [-0.2, -0.15) is 0 Å². The van der Waals surface area contributed by atoms with Crippen LogP contribution in [0.2, 0.25) is 0 Å². The summed E-state index contributed by atoms with van der Waals surface area (Å²) in [5.74, 6) is -0.333. The van der Waals surface area contributed by atoms with Crippen LogP contribution < -0.4 is 11.1 Å². The van der Waals surface area contributed by atoms with Crippen molar-refractivity contribution < 1.29 is 14.3 Å². The molecule has 1 saturated heterocycles. The third-order valence-electron chi connectivity index (χ3n) is 3.46. The summed E-state index contributed by atoms with van der Waals surface area (Å²) in [7, 11) is 0. The van der Waals surface area contributed by atoms with Gasteiger partial charge in [-0.15, -0.1) is 0 Å². The number of hydrogen-bond donors (Lipinski definition) is 2. The number of nitrogens with one attached hydrogen (secondary N) is 1. The van der Waals surface area contributed by atoms with Crippen molar-refractivity contribution in [1.29, 1.82) is 0 Å². The van der Waals surface area contributed by atoms with Gasteiger partial charge in [0.25, 0.3) is 0 Å². The summed E-state index contributed by atoms with van der Waals surface area (Å²) in [5, 5.41) is 2.78. The number of carbonyl (C=O) groups excluding carboxylic acids is 2. The van der Waals surface area contributed by atoms with Crippen LogP contribution in [0.25, 0.3) is 0 Å². The molecule has 114 valence electrons. The van der Waals surface area contributed by atoms with E-state index in [1.165, 1.54) is 0 Å². The average molecular weight is 291 g/mol. The number of piperidine rings is 1. The molecule has 1 aliphatic rings. The fourth-order valence-corrected chi connectivity index (χ4v) is 2.47. The molecule has 0 bridgehead atoms. The number of urea groups is 1. The second kappa shape index (κ2) is 6.97. The summed E-state index contributed by atoms with van der Waals surface area (Å²) in [6, 6.07) is 6.17. The molecule has 0 aliphatic carbocycles. The van der Waals surface area contributed by atoms with E-state index in [-0.39, 0.29) is 12.0 Å². The minimum Gasteiger partial charge on any atom is -0.464 e. The number of nitrogens with two attached hydrogens (primary N) is 1. The Morgan fingerprint density at radius 2 is 2.24 bits per heavy atom. The first-order valence-corrected chi connectivity index (χ1v) is 7.21. The van der Waals surface area contributed by atoms with E-state index in [4.69, 9.17) is 10.5 Å². The summed E-state index contributed by atoms with van der Waals surface area (Å²) >= 11 is 0. The number of anilines is 2. The molecule has 6 heteroatoms. The molecule has 1 heterocycles. The molecule has 1 aromatic rings. The minimum absolute atomic E-state index is 0.293. The normalized spacial score (nSPS) is 18.1. The SMILES string of the molecule is CCOC(=O)C1CCCCN1C(=O)Nc1cccc(N)c1. The van der Waals surface area contributed by atoms with Gasteiger partial charge in [0.1, 0.15) is 6.04 Å². The van der Waals surface area contributed by atoms with Crippen molar-refractivity contribution in [1.82, 2.24) is 4.90 Å². The Bertz CT molecular complexity index is 519. The van der Waals surface area contributed by atoms with Gasteiger partial charge in [-0.25, -0.2) is 9.59 Å². The van der Waals surface area contributed by atoms with E-state index < -0.39 is 6.04 Å². The topological polar surface area (TPSA) is 84.7 Å². The summed E-state index contributed by atoms with van der Waals surface area (Å²) in [5.41, 5.74) is 6.88. The number of benzene rings is 1. The summed E-state index contributed by atoms with van der Waals surface area (Å²) in [4.78, 5) is 25.9. The molecule has 0 aromatic heterocycles. The van der Waals surface area contributed by atoms with Gasteiger partial charge in [-0.1, -0.05) is 6.07 Å². The van der Waals surface area contributed by atoms with Crippen LogP contribution in [0.15, 0.2) is 24.3 Å². The van der Waals surface area contributed by atoms with Crippen molar-refractivity contribution in [2.24, 2.45) is 0 Å². The van der Waals surface area contributed by atoms with Crippen molar-refractivity contribution in [3.05, 3.63) is 24.3 Å². The first-order valence-electron chi connectivity index (χ1n) is 7.21. The van der Waals surface area contributed by atoms with E-state index in [1.54, 1.807) is 36.1 Å². The standard InChI is InChI=1S/C15H21N3O3/c1-2-21-14(19)13-8-3-4-9-18(13)15(20)17-12-7-5-6-11(16)10-12/h5-7,10,13H,2-4,8-9,16H2,1H3,(H,17,20). The Balaban J connectivity index is 2.06. The second-order valence-electron chi connectivity index (χ2n) is 5.01. The fraction of sp³-hybridized carbons (Fsp3) is 0.467. The van der Waals surface area contributed by atoms with Crippen molar-refractivity contribution >= 4 is 23.4 Å². The van der Waals surface area contributed by atoms with Gasteiger partial charge in [0.15, 0.2) is 0 Å². The van der Waals surface area contributed by atoms with E-state index in [0.717, 1.165) is 12.8 Å². The zero-order chi connectivity index (χ0) is 15.2. The molecule has 21 heavy (non-hydrogen) atoms. The molecule has 1 unspecified atom stereocenters. The molecule has 2 amide bonds. The predicted octanol–water partition coefficient (Wildman–Crippen LogP) is 2.22. The van der Waals surface area contributed by atoms with Crippen LogP contribution in [0, 0.1) is 0 Å². The number of esters is 1. The average Bonchev–Trinajstić information content (AvgIpc) is 2.47. The van der Waals surface area contributed by atoms with Crippen molar-refractivity contribution in [3.63, 3.8) is 0 Å².